The minimum Gasteiger partial charge on any atom is -0.343 e. The Bertz CT molecular complexity index is 2430. The third kappa shape index (κ3) is 13.4. The Hall–Kier alpha value is -4.76. The van der Waals surface area contributed by atoms with Crippen LogP contribution in [0.2, 0.25) is 0 Å². The lowest BCUT2D eigenvalue weighted by molar-refractivity contribution is -0.169. The minimum absolute atomic E-state index is 0.00192. The number of nitrogens with two attached hydrogens (primary N) is 5. The van der Waals surface area contributed by atoms with Gasteiger partial charge in [-0.2, -0.15) is 0 Å². The van der Waals surface area contributed by atoms with Crippen LogP contribution >= 0.6 is 0 Å². The maximum absolute atomic E-state index is 17.0. The molecule has 20 heteroatoms. The van der Waals surface area contributed by atoms with Crippen molar-refractivity contribution in [2.24, 2.45) is 69.6 Å². The molecule has 3 saturated heterocycles. The predicted octanol–water partition coefficient (Wildman–Crippen LogP) is 4.42. The van der Waals surface area contributed by atoms with E-state index in [1.807, 2.05) is 0 Å². The molecule has 11 N–H and O–H groups in total. The van der Waals surface area contributed by atoms with Crippen LogP contribution in [0.25, 0.3) is 0 Å². The summed E-state index contributed by atoms with van der Waals surface area (Å²) in [6.45, 7) is 4.28. The molecule has 4 saturated carbocycles. The van der Waals surface area contributed by atoms with Crippen molar-refractivity contribution in [1.29, 1.82) is 0 Å². The van der Waals surface area contributed by atoms with Crippen molar-refractivity contribution in [1.82, 2.24) is 24.9 Å². The summed E-state index contributed by atoms with van der Waals surface area (Å²) in [5.41, 5.74) is 27.7. The summed E-state index contributed by atoms with van der Waals surface area (Å²) in [7, 11) is 0. The normalized spacial score (nSPS) is 29.8. The molecular formula is C64H102N10O10. The lowest BCUT2D eigenvalue weighted by Crippen LogP contribution is -2.75. The highest BCUT2D eigenvalue weighted by molar-refractivity contribution is 6.27. The van der Waals surface area contributed by atoms with Gasteiger partial charge in [0.05, 0.1) is 42.2 Å². The molecule has 4 aliphatic heterocycles. The fourth-order valence-corrected chi connectivity index (χ4v) is 16.7. The van der Waals surface area contributed by atoms with Crippen molar-refractivity contribution in [2.75, 3.05) is 19.6 Å². The zero-order valence-corrected chi connectivity index (χ0v) is 50.8. The first-order chi connectivity index (χ1) is 40.2. The third-order valence-corrected chi connectivity index (χ3v) is 21.3. The van der Waals surface area contributed by atoms with Gasteiger partial charge in [-0.05, 0) is 94.3 Å². The number of amides is 5. The predicted molar refractivity (Wildman–Crippen MR) is 317 cm³/mol. The Balaban J connectivity index is 1.23. The Labute approximate surface area is 498 Å². The van der Waals surface area contributed by atoms with Gasteiger partial charge in [-0.25, -0.2) is 0 Å². The number of hydrogen-bond donors (Lipinski definition) is 6. The minimum atomic E-state index is -3.15. The third-order valence-electron chi connectivity index (χ3n) is 21.3. The Morgan fingerprint density at radius 3 is 1.49 bits per heavy atom. The van der Waals surface area contributed by atoms with Crippen molar-refractivity contribution in [3.8, 4) is 0 Å². The van der Waals surface area contributed by atoms with E-state index in [0.29, 0.717) is 44.9 Å². The summed E-state index contributed by atoms with van der Waals surface area (Å²) in [4.78, 5) is 161. The zero-order valence-electron chi connectivity index (χ0n) is 50.8. The molecule has 7 fully saturated rings. The molecule has 20 nitrogen and oxygen atoms in total. The highest BCUT2D eigenvalue weighted by Gasteiger charge is 2.79. The van der Waals surface area contributed by atoms with Crippen LogP contribution < -0.4 is 34.0 Å². The first-order valence-electron chi connectivity index (χ1n) is 32.8. The number of nitrogens with one attached hydrogen (secondary N) is 1. The van der Waals surface area contributed by atoms with Crippen LogP contribution in [0.4, 0.5) is 0 Å². The molecule has 5 amide bonds. The van der Waals surface area contributed by atoms with Gasteiger partial charge in [-0.3, -0.25) is 43.2 Å². The van der Waals surface area contributed by atoms with Crippen LogP contribution in [-0.2, 0) is 47.9 Å². The molecule has 12 unspecified atom stereocenters. The Morgan fingerprint density at radius 2 is 1.00 bits per heavy atom. The van der Waals surface area contributed by atoms with E-state index in [9.17, 15) is 9.59 Å². The molecule has 4 aliphatic carbocycles. The zero-order chi connectivity index (χ0) is 60.6. The molecule has 0 radical (unpaired) electrons. The molecule has 0 aromatic heterocycles. The number of carbonyl (C=O) groups excluding carboxylic acids is 10. The molecule has 468 valence electrons. The lowest BCUT2D eigenvalue weighted by atomic mass is 9.54. The van der Waals surface area contributed by atoms with Crippen molar-refractivity contribution >= 4 is 59.0 Å². The van der Waals surface area contributed by atoms with Crippen molar-refractivity contribution in [3.63, 3.8) is 0 Å². The van der Waals surface area contributed by atoms with Gasteiger partial charge in [0.2, 0.25) is 29.5 Å². The summed E-state index contributed by atoms with van der Waals surface area (Å²) >= 11 is 0. The van der Waals surface area contributed by atoms with Gasteiger partial charge in [0.15, 0.2) is 35.0 Å². The molecule has 0 spiro atoms. The summed E-state index contributed by atoms with van der Waals surface area (Å²) < 4.78 is 0. The second-order valence-electron chi connectivity index (χ2n) is 27.4. The molecule has 0 bridgehead atoms. The monoisotopic (exact) mass is 1170 g/mol. The van der Waals surface area contributed by atoms with E-state index in [1.165, 1.54) is 22.9 Å². The number of carbonyl (C=O) groups is 10. The fraction of sp³-hybridized carbons (Fsp3) is 0.812. The topological polar surface area (TPSA) is 326 Å². The number of hydrogen-bond acceptors (Lipinski definition) is 15. The van der Waals surface area contributed by atoms with E-state index < -0.39 is 130 Å². The number of Topliss-reactive ketones (excluding diaryl/α,β-unsaturated/α-hetero) is 4. The van der Waals surface area contributed by atoms with Crippen LogP contribution in [0.5, 0.6) is 0 Å². The van der Waals surface area contributed by atoms with Gasteiger partial charge in [0.1, 0.15) is 23.5 Å². The van der Waals surface area contributed by atoms with Gasteiger partial charge in [0.25, 0.3) is 0 Å². The molecule has 12 atom stereocenters. The van der Waals surface area contributed by atoms with Crippen LogP contribution in [0, 0.1) is 40.9 Å². The van der Waals surface area contributed by atoms with E-state index in [2.05, 4.69) is 5.32 Å². The smallest absolute Gasteiger partial charge is 0.250 e. The van der Waals surface area contributed by atoms with E-state index in [0.717, 1.165) is 113 Å². The first kappa shape index (κ1) is 65.2. The Morgan fingerprint density at radius 1 is 0.536 bits per heavy atom. The van der Waals surface area contributed by atoms with Gasteiger partial charge in [0, 0.05) is 25.8 Å². The van der Waals surface area contributed by atoms with E-state index in [4.69, 9.17) is 28.7 Å². The molecule has 0 aromatic carbocycles. The van der Waals surface area contributed by atoms with E-state index >= 15 is 38.4 Å². The highest BCUT2D eigenvalue weighted by atomic mass is 16.2. The second kappa shape index (κ2) is 28.8. The highest BCUT2D eigenvalue weighted by Crippen LogP contribution is 2.55. The van der Waals surface area contributed by atoms with Gasteiger partial charge >= 0.3 is 0 Å². The molecule has 8 rings (SSSR count). The standard InChI is InChI=1S/C64H102N10O10/c1-39(2)53(70-58(80)48(68)35-43-23-12-6-13-24-43)62(84)73-32-18-29-52(73)61(83)74-37-45(54(76)40(3)65)64(56(78)47(67)34-42-21-10-5-11-22-42,63(74,38-75)55(77)46(66)33-41-19-8-4-9-20-41)57(79)50-27-16-30-71(50)60(82)51-28-17-31-72(51)59(81)49(69)36-44-25-14-7-15-26-44/h18,32,38-53H,4-17,19-31,33-37,65-69H2,1-3H3,(H,70,80). The van der Waals surface area contributed by atoms with Gasteiger partial charge in [-0.15, -0.1) is 0 Å². The maximum atomic E-state index is 17.0. The van der Waals surface area contributed by atoms with Crippen LogP contribution in [-0.4, -0.2) is 158 Å². The summed E-state index contributed by atoms with van der Waals surface area (Å²) in [6.07, 6.45) is 23.5. The lowest BCUT2D eigenvalue weighted by Gasteiger charge is -2.48. The first-order valence-corrected chi connectivity index (χ1v) is 32.8. The largest absolute Gasteiger partial charge is 0.343 e. The molecular weight excluding hydrogens is 1070 g/mol. The molecule has 0 aromatic rings. The van der Waals surface area contributed by atoms with Crippen LogP contribution in [0.1, 0.15) is 207 Å². The van der Waals surface area contributed by atoms with Gasteiger partial charge < -0.3 is 58.4 Å². The van der Waals surface area contributed by atoms with Crippen molar-refractivity contribution in [3.05, 3.63) is 12.3 Å². The number of ketones is 4. The fourth-order valence-electron chi connectivity index (χ4n) is 16.7. The van der Waals surface area contributed by atoms with Crippen molar-refractivity contribution < 1.29 is 47.9 Å². The van der Waals surface area contributed by atoms with Crippen LogP contribution in [0.15, 0.2) is 12.3 Å². The summed E-state index contributed by atoms with van der Waals surface area (Å²) in [5.74, 6) is -9.46. The molecule has 84 heavy (non-hydrogen) atoms. The maximum Gasteiger partial charge on any atom is 0.250 e. The molecule has 8 aliphatic rings. The second-order valence-corrected chi connectivity index (χ2v) is 27.4. The van der Waals surface area contributed by atoms with E-state index in [-0.39, 0.29) is 87.5 Å². The summed E-state index contributed by atoms with van der Waals surface area (Å²) in [6, 6.07) is -11.5. The summed E-state index contributed by atoms with van der Waals surface area (Å²) in [5, 5.41) is 2.87. The SMILES string of the molecule is CC(N)C(=O)C1CN(C(=O)C2CC=CN2C(=O)C(NC(=O)C(N)CC2CCCCC2)C(C)C)C(C=O)(C(=O)C(N)CC2CCCCC2)C1(C(=O)C(N)CC1CCCCC1)C(=O)C1CCCN1C(=O)C1CCCN1C(=O)C(N)CC1CCCCC1. The van der Waals surface area contributed by atoms with E-state index in [1.54, 1.807) is 19.9 Å². The van der Waals surface area contributed by atoms with Crippen molar-refractivity contribution in [2.45, 2.75) is 267 Å². The molecule has 4 heterocycles. The number of nitrogens with zero attached hydrogens (tertiary/aromatic N) is 4. The van der Waals surface area contributed by atoms with Gasteiger partial charge in [-0.1, -0.05) is 148 Å². The number of aldehydes is 1. The number of rotatable bonds is 24. The average Bonchev–Trinajstić information content (AvgIpc) is 1.52. The Kier molecular flexibility index (Phi) is 22.4. The number of likely N-dealkylation sites (tertiary alicyclic amines) is 3. The quantitative estimate of drug-likeness (QED) is 0.0576. The van der Waals surface area contributed by atoms with Crippen LogP contribution in [0.3, 0.4) is 0 Å². The average molecular weight is 1170 g/mol.